The number of thiophene rings is 1. The standard InChI is InChI=1S/C25H17NS/c1-3-8-18(9-4-1)20-12-7-13-21(14-20)23-15-22-16-24(27-25(22)17-26-23)19-10-5-2-6-11-19/h1-17H. The second-order valence-corrected chi connectivity index (χ2v) is 7.61. The van der Waals surface area contributed by atoms with Crippen LogP contribution in [0.2, 0.25) is 0 Å². The molecule has 5 rings (SSSR count). The molecule has 2 heteroatoms. The van der Waals surface area contributed by atoms with E-state index in [0.29, 0.717) is 0 Å². The quantitative estimate of drug-likeness (QED) is 0.328. The summed E-state index contributed by atoms with van der Waals surface area (Å²) < 4.78 is 1.22. The van der Waals surface area contributed by atoms with Crippen LogP contribution in [0.25, 0.3) is 42.9 Å². The van der Waals surface area contributed by atoms with Crippen LogP contribution < -0.4 is 0 Å². The van der Waals surface area contributed by atoms with Crippen LogP contribution in [0.4, 0.5) is 0 Å². The number of hydrogen-bond donors (Lipinski definition) is 0. The smallest absolute Gasteiger partial charge is 0.0709 e. The fraction of sp³-hybridized carbons (Fsp3) is 0. The molecule has 0 radical (unpaired) electrons. The van der Waals surface area contributed by atoms with E-state index in [2.05, 4.69) is 91.0 Å². The maximum Gasteiger partial charge on any atom is 0.0709 e. The number of fused-ring (bicyclic) bond motifs is 1. The molecule has 27 heavy (non-hydrogen) atoms. The van der Waals surface area contributed by atoms with Crippen molar-refractivity contribution in [2.75, 3.05) is 0 Å². The van der Waals surface area contributed by atoms with Gasteiger partial charge in [-0.3, -0.25) is 4.98 Å². The number of rotatable bonds is 3. The number of benzene rings is 3. The van der Waals surface area contributed by atoms with Crippen LogP contribution in [-0.2, 0) is 0 Å². The Morgan fingerprint density at radius 1 is 0.556 bits per heavy atom. The predicted octanol–water partition coefficient (Wildman–Crippen LogP) is 7.30. The largest absolute Gasteiger partial charge is 0.255 e. The van der Waals surface area contributed by atoms with Gasteiger partial charge in [-0.15, -0.1) is 11.3 Å². The van der Waals surface area contributed by atoms with Crippen LogP contribution in [0.5, 0.6) is 0 Å². The summed E-state index contributed by atoms with van der Waals surface area (Å²) in [5, 5.41) is 1.24. The van der Waals surface area contributed by atoms with E-state index in [1.165, 1.54) is 31.7 Å². The van der Waals surface area contributed by atoms with Gasteiger partial charge in [-0.05, 0) is 40.3 Å². The zero-order valence-electron chi connectivity index (χ0n) is 14.7. The lowest BCUT2D eigenvalue weighted by Crippen LogP contribution is -1.84. The molecular formula is C25H17NS. The Morgan fingerprint density at radius 3 is 2.00 bits per heavy atom. The lowest BCUT2D eigenvalue weighted by atomic mass is 10.0. The maximum atomic E-state index is 4.73. The van der Waals surface area contributed by atoms with Gasteiger partial charge in [0.15, 0.2) is 0 Å². The highest BCUT2D eigenvalue weighted by molar-refractivity contribution is 7.22. The third kappa shape index (κ3) is 3.16. The lowest BCUT2D eigenvalue weighted by Gasteiger charge is -2.05. The molecule has 128 valence electrons. The van der Waals surface area contributed by atoms with Gasteiger partial charge in [0.1, 0.15) is 0 Å². The van der Waals surface area contributed by atoms with Crippen molar-refractivity contribution in [1.29, 1.82) is 0 Å². The zero-order valence-corrected chi connectivity index (χ0v) is 15.5. The second-order valence-electron chi connectivity index (χ2n) is 6.53. The molecule has 0 spiro atoms. The van der Waals surface area contributed by atoms with E-state index >= 15 is 0 Å². The van der Waals surface area contributed by atoms with Crippen molar-refractivity contribution in [3.8, 4) is 32.8 Å². The topological polar surface area (TPSA) is 12.9 Å². The van der Waals surface area contributed by atoms with E-state index in [-0.39, 0.29) is 0 Å². The molecule has 0 atom stereocenters. The van der Waals surface area contributed by atoms with Crippen molar-refractivity contribution >= 4 is 21.4 Å². The summed E-state index contributed by atoms with van der Waals surface area (Å²) in [4.78, 5) is 6.01. The van der Waals surface area contributed by atoms with Crippen molar-refractivity contribution in [3.63, 3.8) is 0 Å². The first-order valence-electron chi connectivity index (χ1n) is 8.98. The normalized spacial score (nSPS) is 11.0. The van der Waals surface area contributed by atoms with Gasteiger partial charge in [-0.2, -0.15) is 0 Å². The van der Waals surface area contributed by atoms with E-state index < -0.39 is 0 Å². The Bertz CT molecular complexity index is 1210. The Balaban J connectivity index is 1.56. The van der Waals surface area contributed by atoms with Crippen molar-refractivity contribution in [2.45, 2.75) is 0 Å². The highest BCUT2D eigenvalue weighted by atomic mass is 32.1. The van der Waals surface area contributed by atoms with Crippen LogP contribution in [0.3, 0.4) is 0 Å². The Kier molecular flexibility index (Phi) is 4.04. The Morgan fingerprint density at radius 2 is 1.22 bits per heavy atom. The van der Waals surface area contributed by atoms with Crippen LogP contribution >= 0.6 is 11.3 Å². The monoisotopic (exact) mass is 363 g/mol. The van der Waals surface area contributed by atoms with Gasteiger partial charge in [0.2, 0.25) is 0 Å². The molecule has 2 heterocycles. The fourth-order valence-corrected chi connectivity index (χ4v) is 4.35. The van der Waals surface area contributed by atoms with Crippen molar-refractivity contribution in [3.05, 3.63) is 103 Å². The third-order valence-electron chi connectivity index (χ3n) is 4.73. The van der Waals surface area contributed by atoms with Gasteiger partial charge in [0.25, 0.3) is 0 Å². The first kappa shape index (κ1) is 16.0. The Hall–Kier alpha value is -3.23. The summed E-state index contributed by atoms with van der Waals surface area (Å²) in [6.45, 7) is 0. The molecule has 0 aliphatic carbocycles. The molecule has 0 aliphatic heterocycles. The highest BCUT2D eigenvalue weighted by Crippen LogP contribution is 2.35. The van der Waals surface area contributed by atoms with Gasteiger partial charge < -0.3 is 0 Å². The van der Waals surface area contributed by atoms with Gasteiger partial charge in [0, 0.05) is 16.6 Å². The summed E-state index contributed by atoms with van der Waals surface area (Å²) >= 11 is 1.79. The first-order chi connectivity index (χ1) is 13.4. The number of nitrogens with zero attached hydrogens (tertiary/aromatic N) is 1. The summed E-state index contributed by atoms with van der Waals surface area (Å²) in [7, 11) is 0. The van der Waals surface area contributed by atoms with E-state index in [9.17, 15) is 0 Å². The minimum atomic E-state index is 1.01. The lowest BCUT2D eigenvalue weighted by molar-refractivity contribution is 1.36. The minimum absolute atomic E-state index is 1.01. The summed E-state index contributed by atoms with van der Waals surface area (Å²) in [6.07, 6.45) is 2.00. The molecule has 0 aliphatic rings. The highest BCUT2D eigenvalue weighted by Gasteiger charge is 2.08. The molecule has 0 unspecified atom stereocenters. The average molecular weight is 363 g/mol. The number of hydrogen-bond acceptors (Lipinski definition) is 2. The first-order valence-corrected chi connectivity index (χ1v) is 9.79. The molecular weight excluding hydrogens is 346 g/mol. The molecule has 0 amide bonds. The van der Waals surface area contributed by atoms with Crippen LogP contribution in [0, 0.1) is 0 Å². The molecule has 5 aromatic rings. The van der Waals surface area contributed by atoms with Crippen molar-refractivity contribution in [2.24, 2.45) is 0 Å². The molecule has 1 nitrogen and oxygen atoms in total. The van der Waals surface area contributed by atoms with Crippen molar-refractivity contribution < 1.29 is 0 Å². The summed E-state index contributed by atoms with van der Waals surface area (Å²) in [5.41, 5.74) is 5.85. The molecule has 0 saturated heterocycles. The second kappa shape index (κ2) is 6.82. The zero-order chi connectivity index (χ0) is 18.1. The van der Waals surface area contributed by atoms with E-state index in [1.54, 1.807) is 11.3 Å². The van der Waals surface area contributed by atoms with E-state index in [0.717, 1.165) is 11.3 Å². The molecule has 3 aromatic carbocycles. The number of aromatic nitrogens is 1. The summed E-state index contributed by atoms with van der Waals surface area (Å²) in [5.74, 6) is 0. The van der Waals surface area contributed by atoms with Crippen molar-refractivity contribution in [1.82, 2.24) is 4.98 Å². The molecule has 0 saturated carbocycles. The van der Waals surface area contributed by atoms with Crippen LogP contribution in [-0.4, -0.2) is 4.98 Å². The third-order valence-corrected chi connectivity index (χ3v) is 5.86. The SMILES string of the molecule is c1ccc(-c2cccc(-c3cc4cc(-c5ccccc5)sc4cn3)c2)cc1. The predicted molar refractivity (Wildman–Crippen MR) is 116 cm³/mol. The van der Waals surface area contributed by atoms with Crippen LogP contribution in [0.15, 0.2) is 103 Å². The van der Waals surface area contributed by atoms with Gasteiger partial charge in [-0.1, -0.05) is 78.9 Å². The average Bonchev–Trinajstić information content (AvgIpc) is 3.19. The Labute approximate surface area is 162 Å². The van der Waals surface area contributed by atoms with Crippen LogP contribution in [0.1, 0.15) is 0 Å². The molecule has 0 bridgehead atoms. The number of pyridine rings is 1. The van der Waals surface area contributed by atoms with Gasteiger partial charge in [0.05, 0.1) is 10.4 Å². The molecule has 0 fully saturated rings. The minimum Gasteiger partial charge on any atom is -0.255 e. The molecule has 2 aromatic heterocycles. The fourth-order valence-electron chi connectivity index (χ4n) is 3.34. The summed E-state index contributed by atoms with van der Waals surface area (Å²) in [6, 6.07) is 34.1. The van der Waals surface area contributed by atoms with E-state index in [1.807, 2.05) is 12.3 Å². The molecule has 0 N–H and O–H groups in total. The maximum absolute atomic E-state index is 4.73. The van der Waals surface area contributed by atoms with Gasteiger partial charge in [-0.25, -0.2) is 0 Å². The van der Waals surface area contributed by atoms with E-state index in [4.69, 9.17) is 4.98 Å². The van der Waals surface area contributed by atoms with Gasteiger partial charge >= 0.3 is 0 Å².